The van der Waals surface area contributed by atoms with Crippen molar-refractivity contribution in [1.82, 2.24) is 15.3 Å². The molecule has 0 fully saturated rings. The molecule has 0 aliphatic carbocycles. The van der Waals surface area contributed by atoms with Gasteiger partial charge in [0.05, 0.1) is 5.75 Å². The fraction of sp³-hybridized carbons (Fsp3) is 0.545. The lowest BCUT2D eigenvalue weighted by atomic mass is 10.3. The number of nitrogen functional groups attached to an aromatic ring is 1. The number of aromatic nitrogens is 2. The SMILES string of the molecule is CCCc1nc(N)c(C)c(SCC(=O)NC)n1. The number of anilines is 1. The fourth-order valence-corrected chi connectivity index (χ4v) is 2.14. The van der Waals surface area contributed by atoms with E-state index >= 15 is 0 Å². The Morgan fingerprint density at radius 3 is 2.76 bits per heavy atom. The van der Waals surface area contributed by atoms with Gasteiger partial charge in [0.25, 0.3) is 0 Å². The third-order valence-corrected chi connectivity index (χ3v) is 3.35. The number of rotatable bonds is 5. The van der Waals surface area contributed by atoms with Gasteiger partial charge in [-0.1, -0.05) is 18.7 Å². The number of thioether (sulfide) groups is 1. The summed E-state index contributed by atoms with van der Waals surface area (Å²) >= 11 is 1.39. The molecule has 0 aliphatic heterocycles. The van der Waals surface area contributed by atoms with E-state index in [0.717, 1.165) is 29.3 Å². The second-order valence-corrected chi connectivity index (χ2v) is 4.63. The van der Waals surface area contributed by atoms with E-state index in [-0.39, 0.29) is 5.91 Å². The molecule has 0 saturated carbocycles. The molecule has 0 unspecified atom stereocenters. The van der Waals surface area contributed by atoms with Crippen molar-refractivity contribution in [2.24, 2.45) is 0 Å². The second-order valence-electron chi connectivity index (χ2n) is 3.67. The zero-order valence-electron chi connectivity index (χ0n) is 10.4. The minimum atomic E-state index is -0.0244. The van der Waals surface area contributed by atoms with Crippen molar-refractivity contribution >= 4 is 23.5 Å². The minimum Gasteiger partial charge on any atom is -0.383 e. The first-order chi connectivity index (χ1) is 8.08. The summed E-state index contributed by atoms with van der Waals surface area (Å²) in [4.78, 5) is 19.8. The van der Waals surface area contributed by atoms with Crippen LogP contribution in [-0.2, 0) is 11.2 Å². The molecular weight excluding hydrogens is 236 g/mol. The Morgan fingerprint density at radius 1 is 1.47 bits per heavy atom. The first-order valence-corrected chi connectivity index (χ1v) is 6.53. The van der Waals surface area contributed by atoms with Crippen LogP contribution in [0.5, 0.6) is 0 Å². The van der Waals surface area contributed by atoms with Gasteiger partial charge in [0, 0.05) is 19.0 Å². The van der Waals surface area contributed by atoms with Gasteiger partial charge in [0.1, 0.15) is 16.7 Å². The molecule has 6 heteroatoms. The van der Waals surface area contributed by atoms with Crippen LogP contribution in [0.3, 0.4) is 0 Å². The van der Waals surface area contributed by atoms with Gasteiger partial charge in [-0.15, -0.1) is 0 Å². The van der Waals surface area contributed by atoms with Crippen LogP contribution in [0.1, 0.15) is 24.7 Å². The summed E-state index contributed by atoms with van der Waals surface area (Å²) in [5.41, 5.74) is 6.67. The highest BCUT2D eigenvalue weighted by atomic mass is 32.2. The number of carbonyl (C=O) groups is 1. The molecule has 94 valence electrons. The largest absolute Gasteiger partial charge is 0.383 e. The van der Waals surface area contributed by atoms with Crippen molar-refractivity contribution in [3.8, 4) is 0 Å². The van der Waals surface area contributed by atoms with E-state index in [1.54, 1.807) is 7.05 Å². The summed E-state index contributed by atoms with van der Waals surface area (Å²) < 4.78 is 0. The van der Waals surface area contributed by atoms with Crippen molar-refractivity contribution in [1.29, 1.82) is 0 Å². The third kappa shape index (κ3) is 3.89. The van der Waals surface area contributed by atoms with Gasteiger partial charge in [-0.25, -0.2) is 9.97 Å². The zero-order valence-corrected chi connectivity index (χ0v) is 11.2. The molecule has 0 spiro atoms. The van der Waals surface area contributed by atoms with Crippen molar-refractivity contribution in [3.05, 3.63) is 11.4 Å². The maximum absolute atomic E-state index is 11.2. The highest BCUT2D eigenvalue weighted by Gasteiger charge is 2.10. The lowest BCUT2D eigenvalue weighted by molar-refractivity contribution is -0.118. The summed E-state index contributed by atoms with van der Waals surface area (Å²) in [6.07, 6.45) is 1.78. The normalized spacial score (nSPS) is 10.3. The molecule has 1 aromatic heterocycles. The molecule has 5 nitrogen and oxygen atoms in total. The molecule has 1 amide bonds. The van der Waals surface area contributed by atoms with Crippen LogP contribution in [0.15, 0.2) is 5.03 Å². The molecule has 0 radical (unpaired) electrons. The Labute approximate surface area is 106 Å². The smallest absolute Gasteiger partial charge is 0.230 e. The monoisotopic (exact) mass is 254 g/mol. The van der Waals surface area contributed by atoms with Crippen LogP contribution in [0, 0.1) is 6.92 Å². The number of nitrogens with zero attached hydrogens (tertiary/aromatic N) is 2. The predicted molar refractivity (Wildman–Crippen MR) is 70.0 cm³/mol. The molecule has 1 heterocycles. The number of nitrogens with one attached hydrogen (secondary N) is 1. The van der Waals surface area contributed by atoms with Gasteiger partial charge in [0.2, 0.25) is 5.91 Å². The maximum Gasteiger partial charge on any atom is 0.230 e. The summed E-state index contributed by atoms with van der Waals surface area (Å²) in [7, 11) is 1.62. The van der Waals surface area contributed by atoms with E-state index in [1.807, 2.05) is 6.92 Å². The molecule has 0 atom stereocenters. The van der Waals surface area contributed by atoms with Crippen molar-refractivity contribution < 1.29 is 4.79 Å². The molecule has 3 N–H and O–H groups in total. The minimum absolute atomic E-state index is 0.0244. The second kappa shape index (κ2) is 6.44. The number of amides is 1. The van der Waals surface area contributed by atoms with Crippen molar-refractivity contribution in [3.63, 3.8) is 0 Å². The highest BCUT2D eigenvalue weighted by Crippen LogP contribution is 2.23. The van der Waals surface area contributed by atoms with Crippen LogP contribution < -0.4 is 11.1 Å². The van der Waals surface area contributed by atoms with Gasteiger partial charge in [-0.05, 0) is 13.3 Å². The van der Waals surface area contributed by atoms with Crippen LogP contribution >= 0.6 is 11.8 Å². The lowest BCUT2D eigenvalue weighted by Gasteiger charge is -2.08. The quantitative estimate of drug-likeness (QED) is 0.608. The average Bonchev–Trinajstić information content (AvgIpc) is 2.31. The molecule has 0 saturated heterocycles. The van der Waals surface area contributed by atoms with Crippen molar-refractivity contribution in [2.45, 2.75) is 31.7 Å². The summed E-state index contributed by atoms with van der Waals surface area (Å²) in [6, 6.07) is 0. The number of aryl methyl sites for hydroxylation is 1. The molecule has 17 heavy (non-hydrogen) atoms. The van der Waals surface area contributed by atoms with Gasteiger partial charge in [-0.2, -0.15) is 0 Å². The molecule has 1 aromatic rings. The van der Waals surface area contributed by atoms with Gasteiger partial charge in [0.15, 0.2) is 0 Å². The van der Waals surface area contributed by atoms with E-state index in [2.05, 4.69) is 22.2 Å². The number of hydrogen-bond acceptors (Lipinski definition) is 5. The number of carbonyl (C=O) groups excluding carboxylic acids is 1. The summed E-state index contributed by atoms with van der Waals surface area (Å²) in [5.74, 6) is 1.57. The lowest BCUT2D eigenvalue weighted by Crippen LogP contribution is -2.20. The van der Waals surface area contributed by atoms with Crippen LogP contribution in [0.2, 0.25) is 0 Å². The highest BCUT2D eigenvalue weighted by molar-refractivity contribution is 7.99. The van der Waals surface area contributed by atoms with E-state index in [0.29, 0.717) is 11.6 Å². The maximum atomic E-state index is 11.2. The van der Waals surface area contributed by atoms with E-state index in [4.69, 9.17) is 5.73 Å². The Kier molecular flexibility index (Phi) is 5.21. The van der Waals surface area contributed by atoms with E-state index in [1.165, 1.54) is 11.8 Å². The first kappa shape index (κ1) is 13.8. The topological polar surface area (TPSA) is 80.9 Å². The number of hydrogen-bond donors (Lipinski definition) is 2. The van der Waals surface area contributed by atoms with Crippen molar-refractivity contribution in [2.75, 3.05) is 18.5 Å². The Morgan fingerprint density at radius 2 is 2.18 bits per heavy atom. The summed E-state index contributed by atoms with van der Waals surface area (Å²) in [6.45, 7) is 3.94. The van der Waals surface area contributed by atoms with Gasteiger partial charge in [-0.3, -0.25) is 4.79 Å². The third-order valence-electron chi connectivity index (χ3n) is 2.28. The van der Waals surface area contributed by atoms with E-state index < -0.39 is 0 Å². The first-order valence-electron chi connectivity index (χ1n) is 5.54. The fourth-order valence-electron chi connectivity index (χ4n) is 1.24. The van der Waals surface area contributed by atoms with Gasteiger partial charge < -0.3 is 11.1 Å². The molecule has 0 bridgehead atoms. The number of nitrogens with two attached hydrogens (primary N) is 1. The summed E-state index contributed by atoms with van der Waals surface area (Å²) in [5, 5.41) is 3.37. The molecule has 0 aromatic carbocycles. The standard InChI is InChI=1S/C11H18N4OS/c1-4-5-8-14-10(12)7(2)11(15-8)17-6-9(16)13-3/h4-6H2,1-3H3,(H,13,16)(H2,12,14,15). The Hall–Kier alpha value is -1.30. The van der Waals surface area contributed by atoms with E-state index in [9.17, 15) is 4.79 Å². The molecular formula is C11H18N4OS. The molecule has 0 aliphatic rings. The van der Waals surface area contributed by atoms with Gasteiger partial charge >= 0.3 is 0 Å². The molecule has 1 rings (SSSR count). The van der Waals surface area contributed by atoms with Crippen LogP contribution in [-0.4, -0.2) is 28.7 Å². The van der Waals surface area contributed by atoms with Crippen LogP contribution in [0.4, 0.5) is 5.82 Å². The average molecular weight is 254 g/mol. The Bertz CT molecular complexity index is 409. The van der Waals surface area contributed by atoms with Crippen LogP contribution in [0.25, 0.3) is 0 Å². The predicted octanol–water partition coefficient (Wildman–Crippen LogP) is 1.16. The Balaban J connectivity index is 2.85. The zero-order chi connectivity index (χ0) is 12.8.